The first-order valence-electron chi connectivity index (χ1n) is 7.89. The summed E-state index contributed by atoms with van der Waals surface area (Å²) in [6, 6.07) is 1.68. The number of hydrogen-bond donors (Lipinski definition) is 2. The molecule has 128 valence electrons. The second-order valence-corrected chi connectivity index (χ2v) is 7.35. The smallest absolute Gasteiger partial charge is 0.263 e. The molecule has 2 aromatic heterocycles. The molecule has 1 amide bonds. The van der Waals surface area contributed by atoms with Crippen LogP contribution in [0.3, 0.4) is 0 Å². The molecule has 0 radical (unpaired) electrons. The first-order chi connectivity index (χ1) is 11.5. The number of carbonyl (C=O) groups excluding carboxylic acids is 1. The van der Waals surface area contributed by atoms with Gasteiger partial charge in [-0.15, -0.1) is 11.3 Å². The van der Waals surface area contributed by atoms with E-state index in [1.165, 1.54) is 11.3 Å². The molecule has 2 heterocycles. The standard InChI is InChI=1S/C17H21N3O3S/c1-9-16(24-10(2)19-9)17(22)20-15(11-4-13(21)5-11)12-6-14(23-3)8-18-7-12/h6-8,11,13,15,21H,4-5H2,1-3H3,(H,20,22)/t11?,13?,15-/m0/s1. The van der Waals surface area contributed by atoms with E-state index in [9.17, 15) is 9.90 Å². The number of aliphatic hydroxyl groups is 1. The van der Waals surface area contributed by atoms with Crippen LogP contribution in [-0.4, -0.2) is 34.2 Å². The van der Waals surface area contributed by atoms with Crippen LogP contribution in [0, 0.1) is 19.8 Å². The van der Waals surface area contributed by atoms with E-state index < -0.39 is 0 Å². The maximum atomic E-state index is 12.7. The molecular formula is C17H21N3O3S. The second-order valence-electron chi connectivity index (χ2n) is 6.14. The fraction of sp³-hybridized carbons (Fsp3) is 0.471. The van der Waals surface area contributed by atoms with E-state index in [1.807, 2.05) is 19.9 Å². The number of rotatable bonds is 5. The number of ether oxygens (including phenoxy) is 1. The highest BCUT2D eigenvalue weighted by molar-refractivity contribution is 7.13. The minimum atomic E-state index is -0.291. The predicted molar refractivity (Wildman–Crippen MR) is 91.3 cm³/mol. The van der Waals surface area contributed by atoms with Crippen LogP contribution in [0.5, 0.6) is 5.75 Å². The summed E-state index contributed by atoms with van der Waals surface area (Å²) in [5.74, 6) is 0.705. The van der Waals surface area contributed by atoms with Crippen molar-refractivity contribution >= 4 is 17.2 Å². The van der Waals surface area contributed by atoms with Crippen molar-refractivity contribution in [2.75, 3.05) is 7.11 Å². The number of aryl methyl sites for hydroxylation is 2. The lowest BCUT2D eigenvalue weighted by molar-refractivity contribution is 0.0235. The summed E-state index contributed by atoms with van der Waals surface area (Å²) in [5.41, 5.74) is 1.63. The largest absolute Gasteiger partial charge is 0.495 e. The zero-order chi connectivity index (χ0) is 17.3. The summed E-state index contributed by atoms with van der Waals surface area (Å²) in [5, 5.41) is 13.6. The SMILES string of the molecule is COc1cncc([C@@H](NC(=O)c2sc(C)nc2C)C2CC(O)C2)c1. The number of thiazole rings is 1. The van der Waals surface area contributed by atoms with Crippen molar-refractivity contribution < 1.29 is 14.6 Å². The van der Waals surface area contributed by atoms with Gasteiger partial charge in [0.25, 0.3) is 5.91 Å². The van der Waals surface area contributed by atoms with E-state index in [0.29, 0.717) is 23.5 Å². The molecule has 3 rings (SSSR count). The summed E-state index contributed by atoms with van der Waals surface area (Å²) < 4.78 is 5.24. The molecule has 1 saturated carbocycles. The van der Waals surface area contributed by atoms with Gasteiger partial charge in [-0.05, 0) is 44.2 Å². The van der Waals surface area contributed by atoms with Gasteiger partial charge < -0.3 is 15.2 Å². The van der Waals surface area contributed by atoms with Crippen molar-refractivity contribution in [2.45, 2.75) is 38.8 Å². The van der Waals surface area contributed by atoms with Gasteiger partial charge in [-0.25, -0.2) is 4.98 Å². The third-order valence-corrected chi connectivity index (χ3v) is 5.42. The minimum Gasteiger partial charge on any atom is -0.495 e. The predicted octanol–water partition coefficient (Wildman–Crippen LogP) is 2.41. The number of hydrogen-bond acceptors (Lipinski definition) is 6. The summed E-state index contributed by atoms with van der Waals surface area (Å²) in [4.78, 5) is 21.8. The summed E-state index contributed by atoms with van der Waals surface area (Å²) in [6.45, 7) is 3.73. The van der Waals surface area contributed by atoms with Crippen LogP contribution in [0.15, 0.2) is 18.5 Å². The van der Waals surface area contributed by atoms with Gasteiger partial charge in [0.2, 0.25) is 0 Å². The lowest BCUT2D eigenvalue weighted by Crippen LogP contribution is -2.41. The van der Waals surface area contributed by atoms with Gasteiger partial charge >= 0.3 is 0 Å². The van der Waals surface area contributed by atoms with E-state index in [1.54, 1.807) is 19.5 Å². The van der Waals surface area contributed by atoms with E-state index >= 15 is 0 Å². The highest BCUT2D eigenvalue weighted by Gasteiger charge is 2.36. The van der Waals surface area contributed by atoms with Crippen LogP contribution in [0.25, 0.3) is 0 Å². The molecule has 0 aromatic carbocycles. The molecule has 24 heavy (non-hydrogen) atoms. The van der Waals surface area contributed by atoms with Gasteiger partial charge in [0, 0.05) is 6.20 Å². The van der Waals surface area contributed by atoms with Crippen LogP contribution < -0.4 is 10.1 Å². The Balaban J connectivity index is 1.85. The maximum Gasteiger partial charge on any atom is 0.263 e. The van der Waals surface area contributed by atoms with Crippen molar-refractivity contribution in [1.82, 2.24) is 15.3 Å². The number of nitrogens with zero attached hydrogens (tertiary/aromatic N) is 2. The van der Waals surface area contributed by atoms with Crippen molar-refractivity contribution in [2.24, 2.45) is 5.92 Å². The van der Waals surface area contributed by atoms with Gasteiger partial charge in [0.05, 0.1) is 36.2 Å². The molecule has 0 unspecified atom stereocenters. The Kier molecular flexibility index (Phi) is 4.82. The zero-order valence-corrected chi connectivity index (χ0v) is 14.8. The Labute approximate surface area is 144 Å². The topological polar surface area (TPSA) is 84.3 Å². The first-order valence-corrected chi connectivity index (χ1v) is 8.71. The Morgan fingerprint density at radius 2 is 2.17 bits per heavy atom. The van der Waals surface area contributed by atoms with Gasteiger partial charge in [-0.1, -0.05) is 0 Å². The van der Waals surface area contributed by atoms with E-state index in [-0.39, 0.29) is 24.0 Å². The molecule has 2 N–H and O–H groups in total. The summed E-state index contributed by atoms with van der Waals surface area (Å²) in [6.07, 6.45) is 4.42. The molecule has 1 aliphatic rings. The third-order valence-electron chi connectivity index (χ3n) is 4.35. The van der Waals surface area contributed by atoms with Gasteiger partial charge in [-0.2, -0.15) is 0 Å². The van der Waals surface area contributed by atoms with Crippen molar-refractivity contribution in [3.05, 3.63) is 39.6 Å². The van der Waals surface area contributed by atoms with Gasteiger partial charge in [0.1, 0.15) is 10.6 Å². The van der Waals surface area contributed by atoms with E-state index in [0.717, 1.165) is 16.3 Å². The Morgan fingerprint density at radius 1 is 1.42 bits per heavy atom. The van der Waals surface area contributed by atoms with Crippen LogP contribution >= 0.6 is 11.3 Å². The van der Waals surface area contributed by atoms with Crippen LogP contribution in [0.2, 0.25) is 0 Å². The highest BCUT2D eigenvalue weighted by Crippen LogP contribution is 2.39. The highest BCUT2D eigenvalue weighted by atomic mass is 32.1. The summed E-state index contributed by atoms with van der Waals surface area (Å²) in [7, 11) is 1.59. The Hall–Kier alpha value is -1.99. The monoisotopic (exact) mass is 347 g/mol. The number of aromatic nitrogens is 2. The number of methoxy groups -OCH3 is 1. The number of amides is 1. The molecule has 0 aliphatic heterocycles. The van der Waals surface area contributed by atoms with Crippen molar-refractivity contribution in [3.63, 3.8) is 0 Å². The Morgan fingerprint density at radius 3 is 2.75 bits per heavy atom. The molecule has 1 atom stereocenters. The van der Waals surface area contributed by atoms with E-state index in [2.05, 4.69) is 15.3 Å². The van der Waals surface area contributed by atoms with Gasteiger partial charge in [-0.3, -0.25) is 9.78 Å². The molecule has 0 saturated heterocycles. The molecular weight excluding hydrogens is 326 g/mol. The summed E-state index contributed by atoms with van der Waals surface area (Å²) >= 11 is 1.39. The fourth-order valence-corrected chi connectivity index (χ4v) is 3.86. The molecule has 7 heteroatoms. The lowest BCUT2D eigenvalue weighted by Gasteiger charge is -2.38. The number of aliphatic hydroxyl groups excluding tert-OH is 1. The molecule has 0 bridgehead atoms. The average molecular weight is 347 g/mol. The first kappa shape index (κ1) is 16.9. The molecule has 6 nitrogen and oxygen atoms in total. The molecule has 1 aliphatic carbocycles. The fourth-order valence-electron chi connectivity index (χ4n) is 3.04. The number of nitrogens with one attached hydrogen (secondary N) is 1. The quantitative estimate of drug-likeness (QED) is 0.868. The third kappa shape index (κ3) is 3.42. The van der Waals surface area contributed by atoms with Crippen molar-refractivity contribution in [1.29, 1.82) is 0 Å². The minimum absolute atomic E-state index is 0.132. The molecule has 2 aromatic rings. The molecule has 1 fully saturated rings. The van der Waals surface area contributed by atoms with Crippen LogP contribution in [-0.2, 0) is 0 Å². The second kappa shape index (κ2) is 6.86. The van der Waals surface area contributed by atoms with E-state index in [4.69, 9.17) is 4.74 Å². The van der Waals surface area contributed by atoms with Crippen molar-refractivity contribution in [3.8, 4) is 5.75 Å². The Bertz CT molecular complexity index is 740. The lowest BCUT2D eigenvalue weighted by atomic mass is 9.75. The van der Waals surface area contributed by atoms with Crippen LogP contribution in [0.4, 0.5) is 0 Å². The molecule has 0 spiro atoms. The maximum absolute atomic E-state index is 12.7. The number of pyridine rings is 1. The average Bonchev–Trinajstić information content (AvgIpc) is 2.88. The zero-order valence-electron chi connectivity index (χ0n) is 13.9. The number of carbonyl (C=O) groups is 1. The van der Waals surface area contributed by atoms with Crippen LogP contribution in [0.1, 0.15) is 44.8 Å². The normalized spacial score (nSPS) is 21.0. The van der Waals surface area contributed by atoms with Gasteiger partial charge in [0.15, 0.2) is 0 Å².